The van der Waals surface area contributed by atoms with Crippen molar-refractivity contribution in [3.8, 4) is 0 Å². The van der Waals surface area contributed by atoms with Crippen LogP contribution in [0.15, 0.2) is 16.8 Å². The van der Waals surface area contributed by atoms with Gasteiger partial charge in [0.2, 0.25) is 5.88 Å². The van der Waals surface area contributed by atoms with Crippen LogP contribution in [0.4, 0.5) is 5.88 Å². The molecule has 1 aromatic heterocycles. The molecule has 0 unspecified atom stereocenters. The van der Waals surface area contributed by atoms with Gasteiger partial charge in [0, 0.05) is 26.3 Å². The predicted octanol–water partition coefficient (Wildman–Crippen LogP) is 1.42. The normalized spacial score (nSPS) is 9.14. The van der Waals surface area contributed by atoms with E-state index >= 15 is 0 Å². The number of nitrogens with two attached hydrogens (primary N) is 1. The van der Waals surface area contributed by atoms with E-state index in [1.165, 1.54) is 5.01 Å². The number of anilines is 1. The molecule has 82 valence electrons. The van der Waals surface area contributed by atoms with Crippen molar-refractivity contribution >= 4 is 5.88 Å². The van der Waals surface area contributed by atoms with Crippen LogP contribution in [0.1, 0.15) is 20.3 Å². The molecular weight excluding hydrogens is 182 g/mol. The van der Waals surface area contributed by atoms with Gasteiger partial charge in [-0.3, -0.25) is 5.01 Å². The molecule has 0 radical (unpaired) electrons. The Labute approximate surface area is 84.8 Å². The van der Waals surface area contributed by atoms with Crippen LogP contribution in [0.25, 0.3) is 0 Å². The van der Waals surface area contributed by atoms with E-state index in [1.807, 2.05) is 13.8 Å². The third kappa shape index (κ3) is 4.84. The van der Waals surface area contributed by atoms with Crippen LogP contribution in [0.5, 0.6) is 0 Å². The van der Waals surface area contributed by atoms with Crippen LogP contribution < -0.4 is 10.9 Å². The van der Waals surface area contributed by atoms with Crippen LogP contribution in [0, 0.1) is 0 Å². The van der Waals surface area contributed by atoms with Gasteiger partial charge in [-0.25, -0.2) is 5.84 Å². The minimum atomic E-state index is 0.575. The van der Waals surface area contributed by atoms with Crippen LogP contribution in [0.3, 0.4) is 0 Å². The molecule has 0 aromatic carbocycles. The highest BCUT2D eigenvalue weighted by Gasteiger charge is 2.03. The Bertz CT molecular complexity index is 202. The second kappa shape index (κ2) is 8.52. The lowest BCUT2D eigenvalue weighted by Gasteiger charge is -2.13. The number of ether oxygens (including phenoxy) is 1. The quantitative estimate of drug-likeness (QED) is 0.443. The highest BCUT2D eigenvalue weighted by atomic mass is 16.5. The summed E-state index contributed by atoms with van der Waals surface area (Å²) in [6, 6.07) is 1.72. The molecule has 0 bridgehead atoms. The van der Waals surface area contributed by atoms with E-state index in [-0.39, 0.29) is 0 Å². The highest BCUT2D eigenvalue weighted by Crippen LogP contribution is 2.07. The molecule has 2 N–H and O–H groups in total. The minimum Gasteiger partial charge on any atom is -0.385 e. The standard InChI is InChI=1S/C7H13N3O2.C2H6/c1-11-6-2-5-10(8)7-3-4-9-12-7;1-2/h3-4H,2,5-6,8H2,1H3;1-2H3. The first-order chi connectivity index (χ1) is 6.84. The minimum absolute atomic E-state index is 0.575. The molecule has 0 aliphatic heterocycles. The number of rotatable bonds is 5. The second-order valence-corrected chi connectivity index (χ2v) is 2.39. The van der Waals surface area contributed by atoms with Gasteiger partial charge in [-0.15, -0.1) is 0 Å². The zero-order valence-electron chi connectivity index (χ0n) is 9.06. The second-order valence-electron chi connectivity index (χ2n) is 2.39. The lowest BCUT2D eigenvalue weighted by Crippen LogP contribution is -2.31. The fraction of sp³-hybridized carbons (Fsp3) is 0.667. The van der Waals surface area contributed by atoms with Crippen molar-refractivity contribution < 1.29 is 9.26 Å². The van der Waals surface area contributed by atoms with Gasteiger partial charge in [-0.2, -0.15) is 0 Å². The van der Waals surface area contributed by atoms with E-state index in [9.17, 15) is 0 Å². The van der Waals surface area contributed by atoms with E-state index in [0.29, 0.717) is 19.0 Å². The van der Waals surface area contributed by atoms with Gasteiger partial charge >= 0.3 is 0 Å². The average Bonchev–Trinajstić information content (AvgIpc) is 2.74. The zero-order chi connectivity index (χ0) is 10.8. The molecule has 0 atom stereocenters. The van der Waals surface area contributed by atoms with Crippen molar-refractivity contribution in [2.75, 3.05) is 25.3 Å². The van der Waals surface area contributed by atoms with E-state index in [2.05, 4.69) is 5.16 Å². The smallest absolute Gasteiger partial charge is 0.241 e. The molecule has 0 aliphatic carbocycles. The van der Waals surface area contributed by atoms with Gasteiger partial charge in [0.25, 0.3) is 0 Å². The van der Waals surface area contributed by atoms with Crippen LogP contribution in [-0.2, 0) is 4.74 Å². The lowest BCUT2D eigenvalue weighted by molar-refractivity contribution is 0.195. The average molecular weight is 201 g/mol. The van der Waals surface area contributed by atoms with E-state index in [0.717, 1.165) is 6.42 Å². The molecule has 1 aromatic rings. The van der Waals surface area contributed by atoms with Gasteiger partial charge in [-0.05, 0) is 6.42 Å². The van der Waals surface area contributed by atoms with Crippen molar-refractivity contribution in [3.05, 3.63) is 12.3 Å². The molecule has 5 heteroatoms. The summed E-state index contributed by atoms with van der Waals surface area (Å²) in [6.45, 7) is 5.39. The first kappa shape index (κ1) is 12.9. The Hall–Kier alpha value is -1.07. The topological polar surface area (TPSA) is 64.5 Å². The number of hydrogen-bond donors (Lipinski definition) is 1. The summed E-state index contributed by atoms with van der Waals surface area (Å²) in [5.41, 5.74) is 0. The number of aromatic nitrogens is 1. The van der Waals surface area contributed by atoms with Gasteiger partial charge in [0.15, 0.2) is 0 Å². The Morgan fingerprint density at radius 1 is 1.57 bits per heavy atom. The Balaban J connectivity index is 0.000000791. The van der Waals surface area contributed by atoms with Crippen molar-refractivity contribution in [3.63, 3.8) is 0 Å². The fourth-order valence-corrected chi connectivity index (χ4v) is 0.847. The third-order valence-corrected chi connectivity index (χ3v) is 1.45. The van der Waals surface area contributed by atoms with Gasteiger partial charge < -0.3 is 9.26 Å². The number of hydrogen-bond acceptors (Lipinski definition) is 5. The van der Waals surface area contributed by atoms with Crippen molar-refractivity contribution in [1.82, 2.24) is 5.16 Å². The fourth-order valence-electron chi connectivity index (χ4n) is 0.847. The molecule has 14 heavy (non-hydrogen) atoms. The van der Waals surface area contributed by atoms with Crippen molar-refractivity contribution in [2.45, 2.75) is 20.3 Å². The summed E-state index contributed by atoms with van der Waals surface area (Å²) in [7, 11) is 1.66. The molecule has 5 nitrogen and oxygen atoms in total. The summed E-state index contributed by atoms with van der Waals surface area (Å²) in [5, 5.41) is 5.05. The zero-order valence-corrected chi connectivity index (χ0v) is 9.06. The van der Waals surface area contributed by atoms with E-state index < -0.39 is 0 Å². The van der Waals surface area contributed by atoms with Crippen molar-refractivity contribution in [1.29, 1.82) is 0 Å². The predicted molar refractivity (Wildman–Crippen MR) is 55.9 cm³/mol. The number of nitrogens with zero attached hydrogens (tertiary/aromatic N) is 2. The van der Waals surface area contributed by atoms with E-state index in [4.69, 9.17) is 15.1 Å². The van der Waals surface area contributed by atoms with E-state index in [1.54, 1.807) is 19.4 Å². The Morgan fingerprint density at radius 2 is 2.29 bits per heavy atom. The maximum absolute atomic E-state index is 5.62. The number of hydrazine groups is 1. The lowest BCUT2D eigenvalue weighted by atomic mass is 10.4. The molecule has 0 spiro atoms. The molecule has 1 rings (SSSR count). The summed E-state index contributed by atoms with van der Waals surface area (Å²) < 4.78 is 9.72. The maximum Gasteiger partial charge on any atom is 0.241 e. The summed E-state index contributed by atoms with van der Waals surface area (Å²) in [6.07, 6.45) is 2.43. The highest BCUT2D eigenvalue weighted by molar-refractivity contribution is 5.29. The van der Waals surface area contributed by atoms with Crippen LogP contribution in [0.2, 0.25) is 0 Å². The van der Waals surface area contributed by atoms with Crippen LogP contribution in [-0.4, -0.2) is 25.4 Å². The molecular formula is C9H19N3O2. The molecule has 0 aliphatic rings. The van der Waals surface area contributed by atoms with Crippen molar-refractivity contribution in [2.24, 2.45) is 5.84 Å². The van der Waals surface area contributed by atoms with Crippen LogP contribution >= 0.6 is 0 Å². The molecule has 0 saturated carbocycles. The molecule has 1 heterocycles. The summed E-state index contributed by atoms with van der Waals surface area (Å²) >= 11 is 0. The molecule has 0 fully saturated rings. The number of methoxy groups -OCH3 is 1. The molecule has 0 saturated heterocycles. The largest absolute Gasteiger partial charge is 0.385 e. The molecule has 0 amide bonds. The summed E-state index contributed by atoms with van der Waals surface area (Å²) in [5.74, 6) is 6.20. The Morgan fingerprint density at radius 3 is 2.79 bits per heavy atom. The Kier molecular flexibility index (Phi) is 7.87. The summed E-state index contributed by atoms with van der Waals surface area (Å²) in [4.78, 5) is 0. The van der Waals surface area contributed by atoms with Gasteiger partial charge in [-0.1, -0.05) is 19.0 Å². The maximum atomic E-state index is 5.62. The SMILES string of the molecule is CC.COCCCN(N)c1ccno1. The first-order valence-electron chi connectivity index (χ1n) is 4.76. The third-order valence-electron chi connectivity index (χ3n) is 1.45. The van der Waals surface area contributed by atoms with Gasteiger partial charge in [0.1, 0.15) is 0 Å². The monoisotopic (exact) mass is 201 g/mol. The van der Waals surface area contributed by atoms with Gasteiger partial charge in [0.05, 0.1) is 6.20 Å². The first-order valence-corrected chi connectivity index (χ1v) is 4.76.